The van der Waals surface area contributed by atoms with E-state index in [1.54, 1.807) is 11.3 Å². The minimum absolute atomic E-state index is 0.0902. The Kier molecular flexibility index (Phi) is 4.60. The van der Waals surface area contributed by atoms with Gasteiger partial charge in [-0.25, -0.2) is 0 Å². The Labute approximate surface area is 127 Å². The number of halogens is 2. The zero-order valence-corrected chi connectivity index (χ0v) is 14.1. The number of hydrazine groups is 1. The van der Waals surface area contributed by atoms with Gasteiger partial charge in [-0.2, -0.15) is 5.10 Å². The summed E-state index contributed by atoms with van der Waals surface area (Å²) in [6.07, 6.45) is 0.793. The van der Waals surface area contributed by atoms with Crippen molar-refractivity contribution in [2.45, 2.75) is 19.4 Å². The molecule has 4 nitrogen and oxygen atoms in total. The third kappa shape index (κ3) is 2.85. The van der Waals surface area contributed by atoms with Crippen LogP contribution in [0.15, 0.2) is 20.4 Å². The molecular weight excluding hydrogens is 380 g/mol. The topological polar surface area (TPSA) is 55.9 Å². The molecule has 0 aromatic carbocycles. The van der Waals surface area contributed by atoms with E-state index in [0.29, 0.717) is 0 Å². The van der Waals surface area contributed by atoms with Crippen LogP contribution in [0.3, 0.4) is 0 Å². The molecule has 0 aliphatic heterocycles. The summed E-state index contributed by atoms with van der Waals surface area (Å²) in [5.74, 6) is 5.67. The van der Waals surface area contributed by atoms with Gasteiger partial charge in [0.1, 0.15) is 0 Å². The first-order valence-corrected chi connectivity index (χ1v) is 7.87. The van der Waals surface area contributed by atoms with Crippen molar-refractivity contribution in [1.29, 1.82) is 0 Å². The van der Waals surface area contributed by atoms with Gasteiger partial charge in [0.05, 0.1) is 21.9 Å². The van der Waals surface area contributed by atoms with Gasteiger partial charge in [-0.3, -0.25) is 16.0 Å². The molecule has 7 heteroatoms. The van der Waals surface area contributed by atoms with Crippen molar-refractivity contribution in [3.05, 3.63) is 36.7 Å². The Balaban J connectivity index is 2.25. The molecule has 0 bridgehead atoms. The summed E-state index contributed by atoms with van der Waals surface area (Å²) in [5, 5.41) is 6.45. The molecule has 0 fully saturated rings. The van der Waals surface area contributed by atoms with Crippen LogP contribution in [0.25, 0.3) is 0 Å². The molecule has 0 aliphatic rings. The molecule has 2 aromatic rings. The number of aryl methyl sites for hydroxylation is 2. The Morgan fingerprint density at radius 3 is 2.72 bits per heavy atom. The molecule has 98 valence electrons. The molecule has 3 N–H and O–H groups in total. The lowest BCUT2D eigenvalue weighted by Crippen LogP contribution is -2.29. The highest BCUT2D eigenvalue weighted by Gasteiger charge is 2.18. The summed E-state index contributed by atoms with van der Waals surface area (Å²) in [5.41, 5.74) is 5.01. The van der Waals surface area contributed by atoms with E-state index in [0.717, 1.165) is 26.8 Å². The number of thiophene rings is 1. The van der Waals surface area contributed by atoms with Crippen LogP contribution in [0.5, 0.6) is 0 Å². The monoisotopic (exact) mass is 392 g/mol. The summed E-state index contributed by atoms with van der Waals surface area (Å²) in [7, 11) is 1.95. The minimum atomic E-state index is 0.0902. The normalized spacial score (nSPS) is 12.9. The zero-order chi connectivity index (χ0) is 13.3. The molecule has 2 aromatic heterocycles. The molecule has 0 saturated heterocycles. The Morgan fingerprint density at radius 1 is 1.56 bits per heavy atom. The molecule has 0 saturated carbocycles. The molecule has 18 heavy (non-hydrogen) atoms. The molecular formula is C11H14Br2N4S. The lowest BCUT2D eigenvalue weighted by molar-refractivity contribution is 0.536. The van der Waals surface area contributed by atoms with Crippen LogP contribution in [0.4, 0.5) is 0 Å². The van der Waals surface area contributed by atoms with Gasteiger partial charge in [0.25, 0.3) is 0 Å². The molecule has 2 heterocycles. The maximum absolute atomic E-state index is 5.67. The van der Waals surface area contributed by atoms with Crippen LogP contribution in [0.2, 0.25) is 0 Å². The van der Waals surface area contributed by atoms with Crippen molar-refractivity contribution in [2.75, 3.05) is 0 Å². The first kappa shape index (κ1) is 14.2. The molecule has 0 radical (unpaired) electrons. The van der Waals surface area contributed by atoms with Crippen LogP contribution in [-0.2, 0) is 13.5 Å². The van der Waals surface area contributed by atoms with E-state index in [1.807, 2.05) is 18.7 Å². The van der Waals surface area contributed by atoms with Gasteiger partial charge in [0, 0.05) is 28.2 Å². The fraction of sp³-hybridized carbons (Fsp3) is 0.364. The Hall–Kier alpha value is -0.210. The molecule has 0 aliphatic carbocycles. The Bertz CT molecular complexity index is 549. The predicted octanol–water partition coefficient (Wildman–Crippen LogP) is 3.06. The van der Waals surface area contributed by atoms with Crippen molar-refractivity contribution in [3.63, 3.8) is 0 Å². The fourth-order valence-electron chi connectivity index (χ4n) is 1.85. The quantitative estimate of drug-likeness (QED) is 0.619. The summed E-state index contributed by atoms with van der Waals surface area (Å²) in [6.45, 7) is 1.99. The second-order valence-corrected chi connectivity index (χ2v) is 6.71. The number of nitrogens with zero attached hydrogens (tertiary/aromatic N) is 2. The summed E-state index contributed by atoms with van der Waals surface area (Å²) < 4.78 is 4.04. The van der Waals surface area contributed by atoms with Gasteiger partial charge in [0.2, 0.25) is 0 Å². The number of hydrogen-bond donors (Lipinski definition) is 2. The Morgan fingerprint density at radius 2 is 2.28 bits per heavy atom. The summed E-state index contributed by atoms with van der Waals surface area (Å²) in [4.78, 5) is 1.20. The van der Waals surface area contributed by atoms with Crippen LogP contribution in [0, 0.1) is 6.92 Å². The number of aromatic nitrogens is 2. The van der Waals surface area contributed by atoms with Gasteiger partial charge in [-0.1, -0.05) is 0 Å². The third-order valence-electron chi connectivity index (χ3n) is 2.79. The fourth-order valence-corrected chi connectivity index (χ4v) is 3.85. The molecule has 2 rings (SSSR count). The number of rotatable bonds is 4. The van der Waals surface area contributed by atoms with Gasteiger partial charge in [-0.05, 0) is 44.8 Å². The largest absolute Gasteiger partial charge is 0.271 e. The van der Waals surface area contributed by atoms with Crippen LogP contribution >= 0.6 is 43.2 Å². The van der Waals surface area contributed by atoms with Gasteiger partial charge in [-0.15, -0.1) is 11.3 Å². The van der Waals surface area contributed by atoms with E-state index in [4.69, 9.17) is 5.84 Å². The highest BCUT2D eigenvalue weighted by atomic mass is 79.9. The highest BCUT2D eigenvalue weighted by molar-refractivity contribution is 9.10. The van der Waals surface area contributed by atoms with Crippen LogP contribution < -0.4 is 11.3 Å². The standard InChI is InChI=1S/C11H14Br2N4S/c1-6-11(13)9(17(2)16-6)4-8(15-14)10-3-7(12)5-18-10/h3,5,8,15H,4,14H2,1-2H3. The van der Waals surface area contributed by atoms with Crippen molar-refractivity contribution < 1.29 is 0 Å². The molecule has 1 atom stereocenters. The third-order valence-corrected chi connectivity index (χ3v) is 5.63. The summed E-state index contributed by atoms with van der Waals surface area (Å²) in [6, 6.07) is 2.18. The van der Waals surface area contributed by atoms with Crippen molar-refractivity contribution in [1.82, 2.24) is 15.2 Å². The second-order valence-electron chi connectivity index (χ2n) is 4.06. The maximum atomic E-state index is 5.67. The maximum Gasteiger partial charge on any atom is 0.0738 e. The first-order chi connectivity index (χ1) is 8.52. The lowest BCUT2D eigenvalue weighted by Gasteiger charge is -2.14. The molecule has 0 amide bonds. The van der Waals surface area contributed by atoms with Gasteiger partial charge in [0.15, 0.2) is 0 Å². The van der Waals surface area contributed by atoms with E-state index >= 15 is 0 Å². The van der Waals surface area contributed by atoms with Crippen molar-refractivity contribution in [3.8, 4) is 0 Å². The van der Waals surface area contributed by atoms with Crippen molar-refractivity contribution >= 4 is 43.2 Å². The van der Waals surface area contributed by atoms with Gasteiger partial charge >= 0.3 is 0 Å². The van der Waals surface area contributed by atoms with E-state index in [9.17, 15) is 0 Å². The number of hydrogen-bond acceptors (Lipinski definition) is 4. The van der Waals surface area contributed by atoms with Crippen molar-refractivity contribution in [2.24, 2.45) is 12.9 Å². The van der Waals surface area contributed by atoms with E-state index in [2.05, 4.69) is 53.8 Å². The van der Waals surface area contributed by atoms with Crippen LogP contribution in [-0.4, -0.2) is 9.78 Å². The number of nitrogens with two attached hydrogens (primary N) is 1. The predicted molar refractivity (Wildman–Crippen MR) is 81.4 cm³/mol. The van der Waals surface area contributed by atoms with E-state index in [1.165, 1.54) is 4.88 Å². The molecule has 1 unspecified atom stereocenters. The summed E-state index contributed by atoms with van der Waals surface area (Å²) >= 11 is 8.73. The second kappa shape index (κ2) is 5.83. The first-order valence-electron chi connectivity index (χ1n) is 5.41. The highest BCUT2D eigenvalue weighted by Crippen LogP contribution is 2.30. The average molecular weight is 394 g/mol. The van der Waals surface area contributed by atoms with E-state index in [-0.39, 0.29) is 6.04 Å². The minimum Gasteiger partial charge on any atom is -0.271 e. The lowest BCUT2D eigenvalue weighted by atomic mass is 10.1. The average Bonchev–Trinajstić information content (AvgIpc) is 2.84. The van der Waals surface area contributed by atoms with Gasteiger partial charge < -0.3 is 0 Å². The van der Waals surface area contributed by atoms with Crippen LogP contribution in [0.1, 0.15) is 22.3 Å². The smallest absolute Gasteiger partial charge is 0.0738 e. The molecule has 0 spiro atoms. The zero-order valence-electron chi connectivity index (χ0n) is 10.1. The van der Waals surface area contributed by atoms with E-state index < -0.39 is 0 Å². The number of nitrogens with one attached hydrogen (secondary N) is 1. The SMILES string of the molecule is Cc1nn(C)c(CC(NN)c2cc(Br)cs2)c1Br.